The standard InChI is InChI=1S/C20H21BrN2O/c21-19-9-6-17(7-10-19)8-11-20(24)23-14-12-22(13-15-23)16-18-4-2-1-3-5-18/h1-11H,12-16H2/b11-8+. The van der Waals surface area contributed by atoms with Crippen LogP contribution in [0.4, 0.5) is 0 Å². The molecule has 3 rings (SSSR count). The maximum Gasteiger partial charge on any atom is 0.246 e. The molecule has 1 aliphatic heterocycles. The van der Waals surface area contributed by atoms with E-state index in [1.807, 2.05) is 41.3 Å². The first-order chi connectivity index (χ1) is 11.7. The van der Waals surface area contributed by atoms with Crippen LogP contribution in [0.1, 0.15) is 11.1 Å². The van der Waals surface area contributed by atoms with Crippen molar-refractivity contribution in [3.8, 4) is 0 Å². The topological polar surface area (TPSA) is 23.6 Å². The summed E-state index contributed by atoms with van der Waals surface area (Å²) in [6.45, 7) is 4.38. The molecule has 0 bridgehead atoms. The molecule has 0 N–H and O–H groups in total. The van der Waals surface area contributed by atoms with Crippen LogP contribution in [-0.2, 0) is 11.3 Å². The van der Waals surface area contributed by atoms with E-state index < -0.39 is 0 Å². The Labute approximate surface area is 151 Å². The normalized spacial score (nSPS) is 15.8. The molecule has 3 nitrogen and oxygen atoms in total. The number of carbonyl (C=O) groups is 1. The summed E-state index contributed by atoms with van der Waals surface area (Å²) in [5, 5.41) is 0. The molecule has 1 amide bonds. The van der Waals surface area contributed by atoms with Gasteiger partial charge in [0.25, 0.3) is 0 Å². The fourth-order valence-corrected chi connectivity index (χ4v) is 3.08. The van der Waals surface area contributed by atoms with E-state index in [9.17, 15) is 4.79 Å². The molecule has 1 heterocycles. The van der Waals surface area contributed by atoms with Crippen LogP contribution in [0.2, 0.25) is 0 Å². The molecule has 0 atom stereocenters. The third kappa shape index (κ3) is 4.79. The Morgan fingerprint density at radius 3 is 2.29 bits per heavy atom. The van der Waals surface area contributed by atoms with Crippen LogP contribution in [-0.4, -0.2) is 41.9 Å². The largest absolute Gasteiger partial charge is 0.337 e. The Morgan fingerprint density at radius 1 is 0.958 bits per heavy atom. The van der Waals surface area contributed by atoms with Crippen molar-refractivity contribution in [1.29, 1.82) is 0 Å². The van der Waals surface area contributed by atoms with Crippen molar-refractivity contribution in [2.45, 2.75) is 6.54 Å². The molecule has 0 aliphatic carbocycles. The van der Waals surface area contributed by atoms with Gasteiger partial charge in [-0.05, 0) is 29.3 Å². The van der Waals surface area contributed by atoms with Crippen molar-refractivity contribution in [3.63, 3.8) is 0 Å². The first-order valence-electron chi connectivity index (χ1n) is 8.19. The molecule has 1 fully saturated rings. The smallest absolute Gasteiger partial charge is 0.246 e. The molecule has 1 aliphatic rings. The van der Waals surface area contributed by atoms with E-state index in [1.54, 1.807) is 6.08 Å². The first-order valence-corrected chi connectivity index (χ1v) is 8.99. The fourth-order valence-electron chi connectivity index (χ4n) is 2.81. The summed E-state index contributed by atoms with van der Waals surface area (Å²) in [4.78, 5) is 16.6. The highest BCUT2D eigenvalue weighted by atomic mass is 79.9. The third-order valence-electron chi connectivity index (χ3n) is 4.22. The van der Waals surface area contributed by atoms with Gasteiger partial charge in [0.05, 0.1) is 0 Å². The van der Waals surface area contributed by atoms with Gasteiger partial charge in [0.15, 0.2) is 0 Å². The minimum Gasteiger partial charge on any atom is -0.337 e. The zero-order chi connectivity index (χ0) is 16.8. The van der Waals surface area contributed by atoms with Crippen molar-refractivity contribution in [2.24, 2.45) is 0 Å². The highest BCUT2D eigenvalue weighted by molar-refractivity contribution is 9.10. The Kier molecular flexibility index (Phi) is 5.83. The first kappa shape index (κ1) is 16.9. The van der Waals surface area contributed by atoms with Gasteiger partial charge in [-0.3, -0.25) is 9.69 Å². The number of hydrogen-bond donors (Lipinski definition) is 0. The van der Waals surface area contributed by atoms with Crippen LogP contribution in [0, 0.1) is 0 Å². The number of benzene rings is 2. The average Bonchev–Trinajstić information content (AvgIpc) is 2.62. The molecule has 0 aromatic heterocycles. The maximum absolute atomic E-state index is 12.3. The van der Waals surface area contributed by atoms with E-state index in [1.165, 1.54) is 5.56 Å². The van der Waals surface area contributed by atoms with Crippen LogP contribution < -0.4 is 0 Å². The zero-order valence-electron chi connectivity index (χ0n) is 13.6. The lowest BCUT2D eigenvalue weighted by Crippen LogP contribution is -2.47. The van der Waals surface area contributed by atoms with Crippen LogP contribution in [0.5, 0.6) is 0 Å². The highest BCUT2D eigenvalue weighted by Crippen LogP contribution is 2.12. The number of rotatable bonds is 4. The maximum atomic E-state index is 12.3. The van der Waals surface area contributed by atoms with Crippen molar-refractivity contribution >= 4 is 27.9 Å². The van der Waals surface area contributed by atoms with Gasteiger partial charge >= 0.3 is 0 Å². The molecule has 0 radical (unpaired) electrons. The van der Waals surface area contributed by atoms with Crippen LogP contribution in [0.25, 0.3) is 6.08 Å². The van der Waals surface area contributed by atoms with Crippen molar-refractivity contribution in [3.05, 3.63) is 76.3 Å². The molecule has 0 unspecified atom stereocenters. The molecular weight excluding hydrogens is 364 g/mol. The Bertz CT molecular complexity index is 689. The van der Waals surface area contributed by atoms with Crippen LogP contribution >= 0.6 is 15.9 Å². The number of nitrogens with zero attached hydrogens (tertiary/aromatic N) is 2. The minimum absolute atomic E-state index is 0.0947. The number of hydrogen-bond acceptors (Lipinski definition) is 2. The van der Waals surface area contributed by atoms with E-state index >= 15 is 0 Å². The Hall–Kier alpha value is -1.91. The van der Waals surface area contributed by atoms with Crippen molar-refractivity contribution < 1.29 is 4.79 Å². The minimum atomic E-state index is 0.0947. The number of piperazine rings is 1. The molecule has 124 valence electrons. The zero-order valence-corrected chi connectivity index (χ0v) is 15.2. The summed E-state index contributed by atoms with van der Waals surface area (Å²) >= 11 is 3.41. The molecule has 2 aromatic rings. The van der Waals surface area contributed by atoms with Gasteiger partial charge in [-0.1, -0.05) is 58.4 Å². The number of amides is 1. The second-order valence-electron chi connectivity index (χ2n) is 5.97. The quantitative estimate of drug-likeness (QED) is 0.748. The molecule has 0 spiro atoms. The third-order valence-corrected chi connectivity index (χ3v) is 4.75. The monoisotopic (exact) mass is 384 g/mol. The number of carbonyl (C=O) groups excluding carboxylic acids is 1. The Balaban J connectivity index is 1.49. The molecule has 1 saturated heterocycles. The molecular formula is C20H21BrN2O. The van der Waals surface area contributed by atoms with Crippen molar-refractivity contribution in [2.75, 3.05) is 26.2 Å². The lowest BCUT2D eigenvalue weighted by atomic mass is 10.2. The predicted octanol–water partition coefficient (Wildman–Crippen LogP) is 3.81. The van der Waals surface area contributed by atoms with Crippen LogP contribution in [0.3, 0.4) is 0 Å². The summed E-state index contributed by atoms with van der Waals surface area (Å²) in [6, 6.07) is 18.4. The van der Waals surface area contributed by atoms with E-state index in [0.29, 0.717) is 0 Å². The summed E-state index contributed by atoms with van der Waals surface area (Å²) in [5.74, 6) is 0.0947. The predicted molar refractivity (Wildman–Crippen MR) is 101 cm³/mol. The van der Waals surface area contributed by atoms with Gasteiger partial charge in [-0.2, -0.15) is 0 Å². The van der Waals surface area contributed by atoms with Gasteiger partial charge in [0.1, 0.15) is 0 Å². The molecule has 2 aromatic carbocycles. The van der Waals surface area contributed by atoms with E-state index in [-0.39, 0.29) is 5.91 Å². The molecule has 24 heavy (non-hydrogen) atoms. The van der Waals surface area contributed by atoms with Gasteiger partial charge < -0.3 is 4.90 Å². The SMILES string of the molecule is O=C(/C=C/c1ccc(Br)cc1)N1CCN(Cc2ccccc2)CC1. The summed E-state index contributed by atoms with van der Waals surface area (Å²) < 4.78 is 1.04. The molecule has 0 saturated carbocycles. The lowest BCUT2D eigenvalue weighted by molar-refractivity contribution is -0.127. The lowest BCUT2D eigenvalue weighted by Gasteiger charge is -2.34. The fraction of sp³-hybridized carbons (Fsp3) is 0.250. The van der Waals surface area contributed by atoms with E-state index in [4.69, 9.17) is 0 Å². The van der Waals surface area contributed by atoms with Gasteiger partial charge in [-0.25, -0.2) is 0 Å². The van der Waals surface area contributed by atoms with Gasteiger partial charge in [0.2, 0.25) is 5.91 Å². The second-order valence-corrected chi connectivity index (χ2v) is 6.89. The summed E-state index contributed by atoms with van der Waals surface area (Å²) in [5.41, 5.74) is 2.36. The average molecular weight is 385 g/mol. The summed E-state index contributed by atoms with van der Waals surface area (Å²) in [7, 11) is 0. The second kappa shape index (κ2) is 8.27. The van der Waals surface area contributed by atoms with E-state index in [0.717, 1.165) is 42.8 Å². The highest BCUT2D eigenvalue weighted by Gasteiger charge is 2.19. The Morgan fingerprint density at radius 2 is 1.62 bits per heavy atom. The number of halogens is 1. The van der Waals surface area contributed by atoms with E-state index in [2.05, 4.69) is 45.1 Å². The van der Waals surface area contributed by atoms with Crippen LogP contribution in [0.15, 0.2) is 65.1 Å². The van der Waals surface area contributed by atoms with Gasteiger partial charge in [-0.15, -0.1) is 0 Å². The van der Waals surface area contributed by atoms with Crippen molar-refractivity contribution in [1.82, 2.24) is 9.80 Å². The van der Waals surface area contributed by atoms with Gasteiger partial charge in [0, 0.05) is 43.3 Å². The summed E-state index contributed by atoms with van der Waals surface area (Å²) in [6.07, 6.45) is 3.56. The molecule has 4 heteroatoms.